The molecule has 2 aromatic heterocycles. The van der Waals surface area contributed by atoms with Crippen molar-refractivity contribution in [2.75, 3.05) is 24.6 Å². The minimum Gasteiger partial charge on any atom is -0.284 e. The first-order valence-corrected chi connectivity index (χ1v) is 14.0. The molecule has 1 N–H and O–H groups in total. The fraction of sp³-hybridized carbons (Fsp3) is 0.200. The summed E-state index contributed by atoms with van der Waals surface area (Å²) >= 11 is 16.2. The van der Waals surface area contributed by atoms with Crippen molar-refractivity contribution in [3.63, 3.8) is 0 Å². The van der Waals surface area contributed by atoms with Gasteiger partial charge in [-0.15, -0.1) is 11.3 Å². The number of benzene rings is 1. The maximum Gasteiger partial charge on any atom is 0.275 e. The second kappa shape index (κ2) is 9.32. The van der Waals surface area contributed by atoms with Gasteiger partial charge in [-0.05, 0) is 68.3 Å². The van der Waals surface area contributed by atoms with E-state index in [1.165, 1.54) is 16.0 Å². The number of amides is 1. The molecule has 3 heterocycles. The van der Waals surface area contributed by atoms with Crippen molar-refractivity contribution >= 4 is 84.1 Å². The van der Waals surface area contributed by atoms with Gasteiger partial charge in [-0.2, -0.15) is 5.10 Å². The summed E-state index contributed by atoms with van der Waals surface area (Å²) in [5.41, 5.74) is 3.91. The van der Waals surface area contributed by atoms with E-state index in [1.807, 2.05) is 12.1 Å². The van der Waals surface area contributed by atoms with Crippen LogP contribution in [0.2, 0.25) is 10.0 Å². The normalized spacial score (nSPS) is 15.9. The Labute approximate surface area is 213 Å². The summed E-state index contributed by atoms with van der Waals surface area (Å²) in [6.07, 6.45) is 0. The number of thiophene rings is 1. The number of carbonyl (C=O) groups is 1. The van der Waals surface area contributed by atoms with Crippen LogP contribution in [0.25, 0.3) is 21.1 Å². The van der Waals surface area contributed by atoms with E-state index in [4.69, 9.17) is 29.8 Å². The van der Waals surface area contributed by atoms with Gasteiger partial charge >= 0.3 is 0 Å². The number of hydrazine groups is 1. The van der Waals surface area contributed by atoms with E-state index in [2.05, 4.69) is 43.8 Å². The minimum absolute atomic E-state index is 0.00893. The summed E-state index contributed by atoms with van der Waals surface area (Å²) in [5, 5.41) is 6.99. The minimum atomic E-state index is -2.10. The van der Waals surface area contributed by atoms with Crippen LogP contribution in [0.4, 0.5) is 5.69 Å². The molecule has 0 aliphatic carbocycles. The number of hydrogen-bond donors (Lipinski definition) is 1. The summed E-state index contributed by atoms with van der Waals surface area (Å²) in [5.74, 6) is 4.03. The number of nitrogens with one attached hydrogen (secondary N) is 1. The first-order valence-electron chi connectivity index (χ1n) is 9.28. The van der Waals surface area contributed by atoms with E-state index < -0.39 is 15.4 Å². The van der Waals surface area contributed by atoms with Crippen molar-refractivity contribution in [2.24, 2.45) is 0 Å². The molecule has 1 saturated heterocycles. The van der Waals surface area contributed by atoms with Gasteiger partial charge in [0.1, 0.15) is 0 Å². The summed E-state index contributed by atoms with van der Waals surface area (Å²) < 4.78 is 14.6. The van der Waals surface area contributed by atoms with Crippen LogP contribution in [-0.2, 0) is 9.52 Å². The summed E-state index contributed by atoms with van der Waals surface area (Å²) in [7, 11) is -2.10. The van der Waals surface area contributed by atoms with Crippen molar-refractivity contribution in [3.05, 3.63) is 60.4 Å². The molecule has 1 fully saturated rings. The van der Waals surface area contributed by atoms with Crippen LogP contribution < -0.4 is 5.43 Å². The lowest BCUT2D eigenvalue weighted by molar-refractivity contribution is 0.0799. The Kier molecular flexibility index (Phi) is 6.86. The average molecular weight is 620 g/mol. The van der Waals surface area contributed by atoms with Gasteiger partial charge in [0.2, 0.25) is 5.69 Å². The second-order valence-corrected chi connectivity index (χ2v) is 13.6. The molecule has 32 heavy (non-hydrogen) atoms. The lowest BCUT2D eigenvalue weighted by Gasteiger charge is -2.28. The Balaban J connectivity index is 1.79. The molecular weight excluding hydrogens is 604 g/mol. The van der Waals surface area contributed by atoms with E-state index in [0.29, 0.717) is 46.0 Å². The van der Waals surface area contributed by atoms with Crippen molar-refractivity contribution in [1.29, 1.82) is 0 Å². The number of hydrogen-bond acceptors (Lipinski definition) is 5. The SMILES string of the molecule is [C-]#[N+]c1c(C(=O)NN2CCS(=C)(=O)CC2)nn(-c2ccc(Cl)cc2Cl)c1-c1ccc(I)s1. The lowest BCUT2D eigenvalue weighted by atomic mass is 10.2. The topological polar surface area (TPSA) is 71.6 Å². The first kappa shape index (κ1) is 23.5. The van der Waals surface area contributed by atoms with Gasteiger partial charge in [-0.3, -0.25) is 14.4 Å². The van der Waals surface area contributed by atoms with Gasteiger partial charge in [0.15, 0.2) is 5.69 Å². The van der Waals surface area contributed by atoms with E-state index in [1.54, 1.807) is 23.2 Å². The average Bonchev–Trinajstić information content (AvgIpc) is 3.32. The van der Waals surface area contributed by atoms with Gasteiger partial charge in [-0.1, -0.05) is 23.2 Å². The number of carbonyl (C=O) groups excluding carboxylic acids is 1. The molecule has 1 amide bonds. The van der Waals surface area contributed by atoms with Gasteiger partial charge < -0.3 is 0 Å². The van der Waals surface area contributed by atoms with E-state index in [0.717, 1.165) is 7.76 Å². The highest BCUT2D eigenvalue weighted by atomic mass is 127. The zero-order valence-corrected chi connectivity index (χ0v) is 21.8. The molecule has 7 nitrogen and oxygen atoms in total. The highest BCUT2D eigenvalue weighted by molar-refractivity contribution is 14.1. The van der Waals surface area contributed by atoms with Gasteiger partial charge in [0, 0.05) is 34.5 Å². The zero-order chi connectivity index (χ0) is 23.0. The Hall–Kier alpha value is -1.62. The van der Waals surface area contributed by atoms with Crippen LogP contribution in [0.1, 0.15) is 10.5 Å². The Morgan fingerprint density at radius 1 is 1.28 bits per heavy atom. The molecule has 0 atom stereocenters. The first-order chi connectivity index (χ1) is 15.2. The molecule has 0 bridgehead atoms. The zero-order valence-electron chi connectivity index (χ0n) is 16.5. The Bertz CT molecular complexity index is 1350. The number of nitrogens with zero attached hydrogens (tertiary/aromatic N) is 4. The predicted molar refractivity (Wildman–Crippen MR) is 140 cm³/mol. The van der Waals surface area contributed by atoms with Crippen molar-refractivity contribution < 1.29 is 9.00 Å². The molecule has 0 unspecified atom stereocenters. The summed E-state index contributed by atoms with van der Waals surface area (Å²) in [4.78, 5) is 17.6. The smallest absolute Gasteiger partial charge is 0.275 e. The third-order valence-corrected chi connectivity index (χ3v) is 9.15. The molecule has 4 rings (SSSR count). The van der Waals surface area contributed by atoms with Gasteiger partial charge in [-0.25, -0.2) is 14.5 Å². The molecular formula is C20H16Cl2IN5O2S2. The lowest BCUT2D eigenvalue weighted by Crippen LogP contribution is -2.50. The molecule has 3 aromatic rings. The highest BCUT2D eigenvalue weighted by Gasteiger charge is 2.28. The highest BCUT2D eigenvalue weighted by Crippen LogP contribution is 2.41. The number of halogens is 3. The fourth-order valence-electron chi connectivity index (χ4n) is 3.23. The van der Waals surface area contributed by atoms with Crippen LogP contribution in [0.5, 0.6) is 0 Å². The molecule has 1 aliphatic rings. The quantitative estimate of drug-likeness (QED) is 0.260. The molecule has 166 valence electrons. The van der Waals surface area contributed by atoms with Crippen LogP contribution in [0, 0.1) is 9.46 Å². The largest absolute Gasteiger partial charge is 0.284 e. The van der Waals surface area contributed by atoms with E-state index >= 15 is 0 Å². The summed E-state index contributed by atoms with van der Waals surface area (Å²) in [6.45, 7) is 8.63. The monoisotopic (exact) mass is 619 g/mol. The standard InChI is InChI=1S/C20H16Cl2IN5O2S2/c1-24-17-18(20(29)26-27-7-9-32(2,30)10-8-27)25-28(14-4-3-12(21)11-13(14)22)19(17)15-5-6-16(23)31-15/h3-6,11H,2,7-10H2,(H,26,29). The Morgan fingerprint density at radius 2 is 2.00 bits per heavy atom. The molecule has 0 saturated carbocycles. The maximum absolute atomic E-state index is 13.1. The fourth-order valence-corrected chi connectivity index (χ4v) is 6.69. The van der Waals surface area contributed by atoms with E-state index in [-0.39, 0.29) is 11.4 Å². The third kappa shape index (κ3) is 4.83. The van der Waals surface area contributed by atoms with Crippen molar-refractivity contribution in [1.82, 2.24) is 20.2 Å². The van der Waals surface area contributed by atoms with Crippen LogP contribution in [-0.4, -0.2) is 55.4 Å². The van der Waals surface area contributed by atoms with E-state index in [9.17, 15) is 9.00 Å². The predicted octanol–water partition coefficient (Wildman–Crippen LogP) is 4.74. The number of aromatic nitrogens is 2. The molecule has 1 aliphatic heterocycles. The van der Waals surface area contributed by atoms with Gasteiger partial charge in [0.25, 0.3) is 5.91 Å². The van der Waals surface area contributed by atoms with Crippen LogP contribution >= 0.6 is 57.1 Å². The van der Waals surface area contributed by atoms with Crippen molar-refractivity contribution in [3.8, 4) is 16.3 Å². The number of rotatable bonds is 4. The van der Waals surface area contributed by atoms with Gasteiger partial charge in [0.05, 0.1) is 25.9 Å². The van der Waals surface area contributed by atoms with Crippen LogP contribution in [0.15, 0.2) is 30.3 Å². The molecule has 1 aromatic carbocycles. The molecule has 0 radical (unpaired) electrons. The maximum atomic E-state index is 13.1. The molecule has 0 spiro atoms. The Morgan fingerprint density at radius 3 is 2.59 bits per heavy atom. The summed E-state index contributed by atoms with van der Waals surface area (Å²) in [6, 6.07) is 8.77. The molecule has 12 heteroatoms. The second-order valence-electron chi connectivity index (χ2n) is 7.07. The van der Waals surface area contributed by atoms with Crippen LogP contribution in [0.3, 0.4) is 0 Å². The van der Waals surface area contributed by atoms with Crippen molar-refractivity contribution in [2.45, 2.75) is 0 Å². The third-order valence-electron chi connectivity index (χ3n) is 4.86.